The molecule has 2 aromatic heterocycles. The monoisotopic (exact) mass is 379 g/mol. The molecule has 0 aliphatic carbocycles. The summed E-state index contributed by atoms with van der Waals surface area (Å²) in [5.74, 6) is -1.18. The van der Waals surface area contributed by atoms with E-state index in [0.717, 1.165) is 0 Å². The summed E-state index contributed by atoms with van der Waals surface area (Å²) < 4.78 is 32.3. The van der Waals surface area contributed by atoms with Gasteiger partial charge in [0.1, 0.15) is 11.6 Å². The number of halogens is 2. The van der Waals surface area contributed by atoms with E-state index in [9.17, 15) is 13.6 Å². The molecular formula is C21H15F2N3O2. The summed E-state index contributed by atoms with van der Waals surface area (Å²) in [5.41, 5.74) is 2.47. The zero-order valence-corrected chi connectivity index (χ0v) is 14.9. The third kappa shape index (κ3) is 3.34. The molecular weight excluding hydrogens is 364 g/mol. The van der Waals surface area contributed by atoms with Gasteiger partial charge in [0.2, 0.25) is 0 Å². The van der Waals surface area contributed by atoms with Crippen molar-refractivity contribution in [3.63, 3.8) is 0 Å². The van der Waals surface area contributed by atoms with Crippen LogP contribution in [0.2, 0.25) is 0 Å². The van der Waals surface area contributed by atoms with Crippen LogP contribution in [0.5, 0.6) is 0 Å². The molecule has 0 unspecified atom stereocenters. The minimum Gasteiger partial charge on any atom is -0.348 e. The predicted octanol–water partition coefficient (Wildman–Crippen LogP) is 4.41. The topological polar surface area (TPSA) is 68.0 Å². The zero-order chi connectivity index (χ0) is 19.7. The lowest BCUT2D eigenvalue weighted by Gasteiger charge is -2.09. The molecule has 1 amide bonds. The van der Waals surface area contributed by atoms with E-state index < -0.39 is 11.7 Å². The van der Waals surface area contributed by atoms with Crippen LogP contribution in [0, 0.1) is 18.6 Å². The number of nitrogens with zero attached hydrogens (tertiary/aromatic N) is 2. The lowest BCUT2D eigenvalue weighted by Crippen LogP contribution is -2.23. The van der Waals surface area contributed by atoms with Gasteiger partial charge in [-0.2, -0.15) is 0 Å². The average Bonchev–Trinajstić information content (AvgIpc) is 3.08. The second-order valence-electron chi connectivity index (χ2n) is 6.28. The molecule has 0 saturated carbocycles. The Morgan fingerprint density at radius 1 is 1.11 bits per heavy atom. The highest BCUT2D eigenvalue weighted by atomic mass is 19.1. The molecule has 4 aromatic rings. The highest BCUT2D eigenvalue weighted by molar-refractivity contribution is 6.06. The van der Waals surface area contributed by atoms with Crippen LogP contribution in [0.25, 0.3) is 22.4 Å². The van der Waals surface area contributed by atoms with Crippen molar-refractivity contribution in [2.24, 2.45) is 0 Å². The molecule has 0 aliphatic heterocycles. The van der Waals surface area contributed by atoms with Crippen LogP contribution < -0.4 is 5.32 Å². The summed E-state index contributed by atoms with van der Waals surface area (Å²) in [6.45, 7) is 1.74. The number of carbonyl (C=O) groups is 1. The van der Waals surface area contributed by atoms with Crippen LogP contribution in [-0.4, -0.2) is 16.0 Å². The Morgan fingerprint density at radius 2 is 1.86 bits per heavy atom. The first-order valence-corrected chi connectivity index (χ1v) is 8.57. The van der Waals surface area contributed by atoms with Gasteiger partial charge >= 0.3 is 0 Å². The van der Waals surface area contributed by atoms with E-state index in [4.69, 9.17) is 4.52 Å². The number of aryl methyl sites for hydroxylation is 1. The first-order chi connectivity index (χ1) is 13.5. The van der Waals surface area contributed by atoms with Crippen LogP contribution >= 0.6 is 0 Å². The molecule has 1 N–H and O–H groups in total. The largest absolute Gasteiger partial charge is 0.348 e. The predicted molar refractivity (Wildman–Crippen MR) is 99.5 cm³/mol. The van der Waals surface area contributed by atoms with Gasteiger partial charge in [0.15, 0.2) is 0 Å². The van der Waals surface area contributed by atoms with Gasteiger partial charge in [-0.25, -0.2) is 13.8 Å². The number of benzene rings is 2. The molecule has 28 heavy (non-hydrogen) atoms. The Balaban J connectivity index is 1.72. The molecule has 0 radical (unpaired) electrons. The van der Waals surface area contributed by atoms with Gasteiger partial charge in [-0.05, 0) is 43.3 Å². The Hall–Kier alpha value is -3.61. The van der Waals surface area contributed by atoms with E-state index in [1.165, 1.54) is 18.2 Å². The van der Waals surface area contributed by atoms with Gasteiger partial charge in [0.25, 0.3) is 11.6 Å². The Kier molecular flexibility index (Phi) is 4.57. The van der Waals surface area contributed by atoms with Crippen molar-refractivity contribution in [2.75, 3.05) is 0 Å². The molecule has 4 rings (SSSR count). The Bertz CT molecular complexity index is 1170. The molecule has 0 bridgehead atoms. The summed E-state index contributed by atoms with van der Waals surface area (Å²) in [5, 5.41) is 7.08. The lowest BCUT2D eigenvalue weighted by molar-refractivity contribution is 0.0952. The molecule has 0 spiro atoms. The molecule has 2 heterocycles. The molecule has 0 atom stereocenters. The number of hydrogen-bond donors (Lipinski definition) is 1. The lowest BCUT2D eigenvalue weighted by atomic mass is 10.0. The normalized spacial score (nSPS) is 11.0. The van der Waals surface area contributed by atoms with Gasteiger partial charge in [0.05, 0.1) is 22.3 Å². The summed E-state index contributed by atoms with van der Waals surface area (Å²) >= 11 is 0. The summed E-state index contributed by atoms with van der Waals surface area (Å²) in [6.07, 6.45) is 0. The van der Waals surface area contributed by atoms with E-state index >= 15 is 0 Å². The van der Waals surface area contributed by atoms with Gasteiger partial charge in [0, 0.05) is 17.7 Å². The minimum atomic E-state index is -0.412. The standard InChI is InChI=1S/C21H15F2N3O2/c1-12-19-16(20(27)24-11-14-4-2-3-5-17(14)23)10-18(25-21(19)28-26-12)13-6-8-15(22)9-7-13/h2-10H,11H2,1H3,(H,24,27). The fourth-order valence-electron chi connectivity index (χ4n) is 2.95. The number of fused-ring (bicyclic) bond motifs is 1. The van der Waals surface area contributed by atoms with Crippen LogP contribution in [0.15, 0.2) is 59.1 Å². The van der Waals surface area contributed by atoms with Gasteiger partial charge < -0.3 is 9.84 Å². The zero-order valence-electron chi connectivity index (χ0n) is 14.9. The maximum atomic E-state index is 13.8. The second kappa shape index (κ2) is 7.19. The van der Waals surface area contributed by atoms with E-state index in [-0.39, 0.29) is 18.1 Å². The highest BCUT2D eigenvalue weighted by Crippen LogP contribution is 2.27. The van der Waals surface area contributed by atoms with Gasteiger partial charge in [-0.15, -0.1) is 0 Å². The van der Waals surface area contributed by atoms with E-state index in [0.29, 0.717) is 33.5 Å². The fraction of sp³-hybridized carbons (Fsp3) is 0.0952. The number of hydrogen-bond acceptors (Lipinski definition) is 4. The molecule has 0 fully saturated rings. The van der Waals surface area contributed by atoms with E-state index in [1.807, 2.05) is 0 Å². The highest BCUT2D eigenvalue weighted by Gasteiger charge is 2.19. The molecule has 5 nitrogen and oxygen atoms in total. The molecule has 140 valence electrons. The van der Waals surface area contributed by atoms with Crippen molar-refractivity contribution in [3.05, 3.63) is 83.1 Å². The van der Waals surface area contributed by atoms with Crippen molar-refractivity contribution in [2.45, 2.75) is 13.5 Å². The second-order valence-corrected chi connectivity index (χ2v) is 6.28. The third-order valence-corrected chi connectivity index (χ3v) is 4.40. The number of aromatic nitrogens is 2. The van der Waals surface area contributed by atoms with E-state index in [1.54, 1.807) is 43.3 Å². The number of rotatable bonds is 4. The van der Waals surface area contributed by atoms with Crippen LogP contribution in [0.1, 0.15) is 21.6 Å². The first-order valence-electron chi connectivity index (χ1n) is 8.57. The first kappa shape index (κ1) is 17.8. The van der Waals surface area contributed by atoms with Crippen molar-refractivity contribution >= 4 is 17.0 Å². The van der Waals surface area contributed by atoms with Crippen molar-refractivity contribution < 1.29 is 18.1 Å². The van der Waals surface area contributed by atoms with Crippen LogP contribution in [-0.2, 0) is 6.54 Å². The van der Waals surface area contributed by atoms with Crippen LogP contribution in [0.4, 0.5) is 8.78 Å². The Labute approximate surface area is 159 Å². The van der Waals surface area contributed by atoms with Gasteiger partial charge in [-0.3, -0.25) is 4.79 Å². The summed E-state index contributed by atoms with van der Waals surface area (Å²) in [7, 11) is 0. The SMILES string of the molecule is Cc1noc2nc(-c3ccc(F)cc3)cc(C(=O)NCc3ccccc3F)c12. The van der Waals surface area contributed by atoms with Crippen molar-refractivity contribution in [1.29, 1.82) is 0 Å². The third-order valence-electron chi connectivity index (χ3n) is 4.40. The number of amides is 1. The molecule has 0 saturated heterocycles. The quantitative estimate of drug-likeness (QED) is 0.570. The number of carbonyl (C=O) groups excluding carboxylic acids is 1. The fourth-order valence-corrected chi connectivity index (χ4v) is 2.95. The minimum absolute atomic E-state index is 0.0333. The molecule has 7 heteroatoms. The van der Waals surface area contributed by atoms with Crippen molar-refractivity contribution in [1.82, 2.24) is 15.5 Å². The summed E-state index contributed by atoms with van der Waals surface area (Å²) in [6, 6.07) is 13.6. The molecule has 2 aromatic carbocycles. The van der Waals surface area contributed by atoms with Gasteiger partial charge in [-0.1, -0.05) is 23.4 Å². The number of pyridine rings is 1. The smallest absolute Gasteiger partial charge is 0.259 e. The van der Waals surface area contributed by atoms with Crippen molar-refractivity contribution in [3.8, 4) is 11.3 Å². The average molecular weight is 379 g/mol. The Morgan fingerprint density at radius 3 is 2.61 bits per heavy atom. The molecule has 0 aliphatic rings. The maximum Gasteiger partial charge on any atom is 0.259 e. The maximum absolute atomic E-state index is 13.8. The summed E-state index contributed by atoms with van der Waals surface area (Å²) in [4.78, 5) is 17.2. The van der Waals surface area contributed by atoms with E-state index in [2.05, 4.69) is 15.5 Å². The number of nitrogens with one attached hydrogen (secondary N) is 1. The van der Waals surface area contributed by atoms with Crippen LogP contribution in [0.3, 0.4) is 0 Å².